The van der Waals surface area contributed by atoms with Gasteiger partial charge in [-0.05, 0) is 35.7 Å². The average molecular weight is 435 g/mol. The largest absolute Gasteiger partial charge is 0.357 e. The molecule has 1 atom stereocenters. The summed E-state index contributed by atoms with van der Waals surface area (Å²) < 4.78 is 0. The number of amides is 2. The zero-order valence-electron chi connectivity index (χ0n) is 17.8. The number of rotatable bonds is 8. The molecule has 0 heterocycles. The van der Waals surface area contributed by atoms with Crippen LogP contribution in [0.15, 0.2) is 78.9 Å². The number of carbonyl (C=O) groups is 2. The summed E-state index contributed by atoms with van der Waals surface area (Å²) in [6, 6.07) is 24.4. The summed E-state index contributed by atoms with van der Waals surface area (Å²) in [6.07, 6.45) is 0.658. The van der Waals surface area contributed by atoms with Crippen LogP contribution < -0.4 is 5.32 Å². The van der Waals surface area contributed by atoms with E-state index in [1.807, 2.05) is 79.7 Å². The Bertz CT molecular complexity index is 1040. The van der Waals surface area contributed by atoms with Gasteiger partial charge in [-0.1, -0.05) is 83.9 Å². The molecule has 0 unspecified atom stereocenters. The van der Waals surface area contributed by atoms with E-state index in [0.717, 1.165) is 22.3 Å². The van der Waals surface area contributed by atoms with Gasteiger partial charge in [-0.15, -0.1) is 0 Å². The maximum Gasteiger partial charge on any atom is 0.242 e. The van der Waals surface area contributed by atoms with E-state index in [4.69, 9.17) is 11.6 Å². The Morgan fingerprint density at radius 3 is 2.26 bits per heavy atom. The second-order valence-electron chi connectivity index (χ2n) is 7.64. The molecule has 160 valence electrons. The summed E-state index contributed by atoms with van der Waals surface area (Å²) >= 11 is 6.17. The number of aryl methyl sites for hydroxylation is 1. The van der Waals surface area contributed by atoms with Crippen LogP contribution in [0.3, 0.4) is 0 Å². The van der Waals surface area contributed by atoms with Gasteiger partial charge in [0.05, 0.1) is 6.42 Å². The first-order chi connectivity index (χ1) is 15.0. The molecule has 0 fully saturated rings. The average Bonchev–Trinajstić information content (AvgIpc) is 2.76. The molecule has 31 heavy (non-hydrogen) atoms. The highest BCUT2D eigenvalue weighted by Crippen LogP contribution is 2.19. The third kappa shape index (κ3) is 6.43. The second-order valence-corrected chi connectivity index (χ2v) is 8.07. The van der Waals surface area contributed by atoms with E-state index < -0.39 is 6.04 Å². The van der Waals surface area contributed by atoms with E-state index in [0.29, 0.717) is 18.0 Å². The highest BCUT2D eigenvalue weighted by atomic mass is 35.5. The third-order valence-electron chi connectivity index (χ3n) is 5.20. The molecule has 0 aliphatic rings. The third-order valence-corrected chi connectivity index (χ3v) is 5.43. The Balaban J connectivity index is 1.94. The molecule has 3 aromatic rings. The Hall–Kier alpha value is -3.11. The molecule has 0 spiro atoms. The lowest BCUT2D eigenvalue weighted by molar-refractivity contribution is -0.140. The highest BCUT2D eigenvalue weighted by molar-refractivity contribution is 6.30. The van der Waals surface area contributed by atoms with E-state index in [1.165, 1.54) is 0 Å². The molecule has 0 bridgehead atoms. The molecular formula is C26H27ClN2O2. The Morgan fingerprint density at radius 1 is 0.903 bits per heavy atom. The monoisotopic (exact) mass is 434 g/mol. The normalized spacial score (nSPS) is 11.6. The second kappa shape index (κ2) is 10.8. The van der Waals surface area contributed by atoms with Gasteiger partial charge in [0.25, 0.3) is 0 Å². The molecule has 4 nitrogen and oxygen atoms in total. The van der Waals surface area contributed by atoms with Gasteiger partial charge in [-0.25, -0.2) is 0 Å². The van der Waals surface area contributed by atoms with Crippen molar-refractivity contribution < 1.29 is 9.59 Å². The van der Waals surface area contributed by atoms with Crippen LogP contribution in [0.4, 0.5) is 0 Å². The predicted molar refractivity (Wildman–Crippen MR) is 125 cm³/mol. The van der Waals surface area contributed by atoms with Crippen LogP contribution in [0, 0.1) is 6.92 Å². The first kappa shape index (κ1) is 22.6. The van der Waals surface area contributed by atoms with Crippen molar-refractivity contribution in [2.75, 3.05) is 7.05 Å². The van der Waals surface area contributed by atoms with Crippen LogP contribution >= 0.6 is 11.6 Å². The fourth-order valence-corrected chi connectivity index (χ4v) is 3.86. The first-order valence-corrected chi connectivity index (χ1v) is 10.7. The Kier molecular flexibility index (Phi) is 7.85. The maximum atomic E-state index is 13.5. The van der Waals surface area contributed by atoms with Gasteiger partial charge in [0, 0.05) is 25.0 Å². The fraction of sp³-hybridized carbons (Fsp3) is 0.231. The highest BCUT2D eigenvalue weighted by Gasteiger charge is 2.29. The summed E-state index contributed by atoms with van der Waals surface area (Å²) in [7, 11) is 1.60. The summed E-state index contributed by atoms with van der Waals surface area (Å²) in [4.78, 5) is 28.0. The van der Waals surface area contributed by atoms with E-state index in [2.05, 4.69) is 5.32 Å². The molecule has 5 heteroatoms. The predicted octanol–water partition coefficient (Wildman–Crippen LogP) is 4.58. The fourth-order valence-electron chi connectivity index (χ4n) is 3.65. The summed E-state index contributed by atoms with van der Waals surface area (Å²) in [5.74, 6) is -0.293. The van der Waals surface area contributed by atoms with Crippen LogP contribution in [0.25, 0.3) is 0 Å². The lowest BCUT2D eigenvalue weighted by atomic mass is 10.0. The number of carbonyl (C=O) groups excluding carboxylic acids is 2. The van der Waals surface area contributed by atoms with E-state index in [9.17, 15) is 9.59 Å². The molecule has 0 radical (unpaired) electrons. The van der Waals surface area contributed by atoms with Gasteiger partial charge in [-0.2, -0.15) is 0 Å². The SMILES string of the molecule is CNC(=O)[C@@H](Cc1ccccc1)N(Cc1cccc(Cl)c1)C(=O)Cc1cccc(C)c1. The van der Waals surface area contributed by atoms with Crippen LogP contribution in [-0.2, 0) is 29.0 Å². The van der Waals surface area contributed by atoms with Crippen molar-refractivity contribution in [3.8, 4) is 0 Å². The van der Waals surface area contributed by atoms with Gasteiger partial charge in [-0.3, -0.25) is 9.59 Å². The quantitative estimate of drug-likeness (QED) is 0.564. The zero-order chi connectivity index (χ0) is 22.2. The number of likely N-dealkylation sites (N-methyl/N-ethyl adjacent to an activating group) is 1. The van der Waals surface area contributed by atoms with E-state index >= 15 is 0 Å². The first-order valence-electron chi connectivity index (χ1n) is 10.3. The zero-order valence-corrected chi connectivity index (χ0v) is 18.6. The van der Waals surface area contributed by atoms with E-state index in [1.54, 1.807) is 18.0 Å². The lowest BCUT2D eigenvalue weighted by Gasteiger charge is -2.31. The van der Waals surface area contributed by atoms with Crippen LogP contribution in [-0.4, -0.2) is 29.8 Å². The van der Waals surface area contributed by atoms with Crippen molar-refractivity contribution in [3.05, 3.63) is 106 Å². The minimum atomic E-state index is -0.635. The molecule has 0 aliphatic carbocycles. The number of benzene rings is 3. The van der Waals surface area contributed by atoms with Crippen molar-refractivity contribution in [3.63, 3.8) is 0 Å². The van der Waals surface area contributed by atoms with Crippen molar-refractivity contribution in [2.45, 2.75) is 32.4 Å². The number of nitrogens with zero attached hydrogens (tertiary/aromatic N) is 1. The van der Waals surface area contributed by atoms with Crippen molar-refractivity contribution in [2.24, 2.45) is 0 Å². The molecule has 0 saturated heterocycles. The van der Waals surface area contributed by atoms with Crippen molar-refractivity contribution >= 4 is 23.4 Å². The van der Waals surface area contributed by atoms with Gasteiger partial charge >= 0.3 is 0 Å². The standard InChI is InChI=1S/C26H27ClN2O2/c1-19-8-6-11-21(14-19)17-25(30)29(18-22-12-7-13-23(27)15-22)24(26(31)28-2)16-20-9-4-3-5-10-20/h3-15,24H,16-18H2,1-2H3,(H,28,31)/t24-/m1/s1. The molecule has 0 saturated carbocycles. The van der Waals surface area contributed by atoms with Crippen LogP contribution in [0.1, 0.15) is 22.3 Å². The van der Waals surface area contributed by atoms with Gasteiger partial charge in [0.1, 0.15) is 6.04 Å². The van der Waals surface area contributed by atoms with Gasteiger partial charge < -0.3 is 10.2 Å². The Morgan fingerprint density at radius 2 is 1.58 bits per heavy atom. The lowest BCUT2D eigenvalue weighted by Crippen LogP contribution is -2.50. The van der Waals surface area contributed by atoms with Crippen molar-refractivity contribution in [1.82, 2.24) is 10.2 Å². The van der Waals surface area contributed by atoms with Gasteiger partial charge in [0.15, 0.2) is 0 Å². The number of hydrogen-bond donors (Lipinski definition) is 1. The summed E-state index contributed by atoms with van der Waals surface area (Å²) in [6.45, 7) is 2.30. The van der Waals surface area contributed by atoms with Crippen molar-refractivity contribution in [1.29, 1.82) is 0 Å². The Labute approximate surface area is 188 Å². The number of hydrogen-bond acceptors (Lipinski definition) is 2. The smallest absolute Gasteiger partial charge is 0.242 e. The molecule has 1 N–H and O–H groups in total. The summed E-state index contributed by atoms with van der Waals surface area (Å²) in [5, 5.41) is 3.33. The summed E-state index contributed by atoms with van der Waals surface area (Å²) in [5.41, 5.74) is 3.90. The minimum Gasteiger partial charge on any atom is -0.357 e. The molecule has 2 amide bonds. The number of halogens is 1. The minimum absolute atomic E-state index is 0.102. The number of nitrogens with one attached hydrogen (secondary N) is 1. The van der Waals surface area contributed by atoms with Crippen LogP contribution in [0.5, 0.6) is 0 Å². The topological polar surface area (TPSA) is 49.4 Å². The molecule has 0 aromatic heterocycles. The van der Waals surface area contributed by atoms with Gasteiger partial charge in [0.2, 0.25) is 11.8 Å². The molecular weight excluding hydrogens is 408 g/mol. The molecule has 3 rings (SSSR count). The molecule has 3 aromatic carbocycles. The van der Waals surface area contributed by atoms with E-state index in [-0.39, 0.29) is 18.2 Å². The molecule has 0 aliphatic heterocycles. The maximum absolute atomic E-state index is 13.5. The van der Waals surface area contributed by atoms with Crippen LogP contribution in [0.2, 0.25) is 5.02 Å².